The number of carbonyl (C=O) groups excluding carboxylic acids is 2. The predicted molar refractivity (Wildman–Crippen MR) is 112 cm³/mol. The van der Waals surface area contributed by atoms with Crippen LogP contribution in [-0.4, -0.2) is 28.9 Å². The quantitative estimate of drug-likeness (QED) is 0.258. The first kappa shape index (κ1) is 21.1. The summed E-state index contributed by atoms with van der Waals surface area (Å²) in [4.78, 5) is 24.4. The fraction of sp³-hybridized carbons (Fsp3) is 0.176. The van der Waals surface area contributed by atoms with E-state index < -0.39 is 21.8 Å². The van der Waals surface area contributed by atoms with E-state index in [0.717, 1.165) is 3.57 Å². The van der Waals surface area contributed by atoms with Crippen LogP contribution in [0.5, 0.6) is 0 Å². The second-order valence-electron chi connectivity index (χ2n) is 5.14. The molecule has 0 saturated heterocycles. The topological polar surface area (TPSA) is 67.4 Å². The van der Waals surface area contributed by atoms with Gasteiger partial charge in [0.25, 0.3) is 5.91 Å². The number of halogens is 4. The Morgan fingerprint density at radius 2 is 1.81 bits per heavy atom. The number of rotatable bonds is 5. The number of ether oxygens (including phenoxy) is 1. The molecule has 1 atom stereocenters. The van der Waals surface area contributed by atoms with Gasteiger partial charge in [0.15, 0.2) is 0 Å². The molecule has 0 heterocycles. The van der Waals surface area contributed by atoms with Gasteiger partial charge in [-0.05, 0) is 52.9 Å². The van der Waals surface area contributed by atoms with Crippen LogP contribution in [0.25, 0.3) is 0 Å². The van der Waals surface area contributed by atoms with E-state index in [1.165, 1.54) is 7.11 Å². The van der Waals surface area contributed by atoms with Crippen LogP contribution >= 0.6 is 57.4 Å². The van der Waals surface area contributed by atoms with Crippen molar-refractivity contribution in [3.63, 3.8) is 0 Å². The zero-order chi connectivity index (χ0) is 19.3. The first-order chi connectivity index (χ1) is 12.2. The molecular weight excluding hydrogens is 513 g/mol. The molecule has 2 rings (SSSR count). The van der Waals surface area contributed by atoms with Crippen molar-refractivity contribution in [2.24, 2.45) is 0 Å². The number of alkyl halides is 3. The minimum Gasteiger partial charge on any atom is -0.465 e. The summed E-state index contributed by atoms with van der Waals surface area (Å²) in [5.41, 5.74) is 1.02. The summed E-state index contributed by atoms with van der Waals surface area (Å²) in [5.74, 6) is -0.983. The van der Waals surface area contributed by atoms with Gasteiger partial charge in [-0.15, -0.1) is 0 Å². The highest BCUT2D eigenvalue weighted by Crippen LogP contribution is 2.32. The molecule has 0 spiro atoms. The van der Waals surface area contributed by atoms with Gasteiger partial charge >= 0.3 is 5.97 Å². The standard InChI is InChI=1S/C17H14Cl3IN2O3/c1-26-15(25)12-7-2-3-8-13(12)22-16(17(18,19)20)23-14(24)10-5-4-6-11(21)9-10/h2-9,16,22H,1H3,(H,23,24)/t16-/m0/s1. The van der Waals surface area contributed by atoms with Crippen molar-refractivity contribution in [3.05, 3.63) is 63.2 Å². The van der Waals surface area contributed by atoms with E-state index in [9.17, 15) is 9.59 Å². The molecule has 5 nitrogen and oxygen atoms in total. The normalized spacial score (nSPS) is 12.2. The fourth-order valence-electron chi connectivity index (χ4n) is 2.10. The van der Waals surface area contributed by atoms with E-state index >= 15 is 0 Å². The number of esters is 1. The average molecular weight is 528 g/mol. The summed E-state index contributed by atoms with van der Waals surface area (Å²) in [6.45, 7) is 0. The average Bonchev–Trinajstić information content (AvgIpc) is 2.60. The largest absolute Gasteiger partial charge is 0.465 e. The van der Waals surface area contributed by atoms with E-state index in [1.54, 1.807) is 42.5 Å². The molecular formula is C17H14Cl3IN2O3. The van der Waals surface area contributed by atoms with Gasteiger partial charge in [0.05, 0.1) is 18.4 Å². The Hall–Kier alpha value is -1.22. The lowest BCUT2D eigenvalue weighted by Gasteiger charge is -2.28. The maximum absolute atomic E-state index is 12.5. The Kier molecular flexibility index (Phi) is 7.40. The minimum absolute atomic E-state index is 0.248. The lowest BCUT2D eigenvalue weighted by atomic mass is 10.1. The number of nitrogens with one attached hydrogen (secondary N) is 2. The highest BCUT2D eigenvalue weighted by atomic mass is 127. The molecule has 0 aliphatic heterocycles. The Bertz CT molecular complexity index is 812. The minimum atomic E-state index is -1.87. The van der Waals surface area contributed by atoms with E-state index in [-0.39, 0.29) is 5.56 Å². The molecule has 0 aromatic heterocycles. The molecule has 2 aromatic carbocycles. The van der Waals surface area contributed by atoms with Gasteiger partial charge < -0.3 is 15.4 Å². The van der Waals surface area contributed by atoms with E-state index in [4.69, 9.17) is 39.5 Å². The van der Waals surface area contributed by atoms with Gasteiger partial charge in [-0.2, -0.15) is 0 Å². The van der Waals surface area contributed by atoms with Crippen LogP contribution in [0.4, 0.5) is 5.69 Å². The highest BCUT2D eigenvalue weighted by Gasteiger charge is 2.35. The molecule has 2 N–H and O–H groups in total. The monoisotopic (exact) mass is 526 g/mol. The van der Waals surface area contributed by atoms with Crippen LogP contribution < -0.4 is 10.6 Å². The number of para-hydroxylation sites is 1. The summed E-state index contributed by atoms with van der Waals surface area (Å²) < 4.78 is 3.76. The van der Waals surface area contributed by atoms with Crippen LogP contribution in [0.3, 0.4) is 0 Å². The lowest BCUT2D eigenvalue weighted by molar-refractivity contribution is 0.0601. The van der Waals surface area contributed by atoms with Crippen LogP contribution in [0.2, 0.25) is 0 Å². The van der Waals surface area contributed by atoms with Gasteiger partial charge in [-0.1, -0.05) is 53.0 Å². The first-order valence-corrected chi connectivity index (χ1v) is 9.50. The summed E-state index contributed by atoms with van der Waals surface area (Å²) in [6, 6.07) is 13.5. The fourth-order valence-corrected chi connectivity index (χ4v) is 2.97. The third-order valence-corrected chi connectivity index (χ3v) is 4.65. The molecule has 9 heteroatoms. The maximum atomic E-state index is 12.5. The van der Waals surface area contributed by atoms with Gasteiger partial charge in [-0.3, -0.25) is 4.79 Å². The van der Waals surface area contributed by atoms with Crippen molar-refractivity contribution < 1.29 is 14.3 Å². The third-order valence-electron chi connectivity index (χ3n) is 3.32. The molecule has 0 aliphatic rings. The Balaban J connectivity index is 2.27. The lowest BCUT2D eigenvalue weighted by Crippen LogP contribution is -2.49. The second-order valence-corrected chi connectivity index (χ2v) is 8.75. The summed E-state index contributed by atoms with van der Waals surface area (Å²) in [5, 5.41) is 5.52. The van der Waals surface area contributed by atoms with E-state index in [1.807, 2.05) is 6.07 Å². The number of methoxy groups -OCH3 is 1. The van der Waals surface area contributed by atoms with Crippen LogP contribution in [-0.2, 0) is 4.74 Å². The zero-order valence-corrected chi connectivity index (χ0v) is 17.9. The smallest absolute Gasteiger partial charge is 0.339 e. The number of hydrogen-bond acceptors (Lipinski definition) is 4. The van der Waals surface area contributed by atoms with Crippen LogP contribution in [0.15, 0.2) is 48.5 Å². The van der Waals surface area contributed by atoms with Crippen molar-refractivity contribution in [1.29, 1.82) is 0 Å². The molecule has 0 radical (unpaired) electrons. The molecule has 0 fully saturated rings. The summed E-state index contributed by atoms with van der Waals surface area (Å²) in [6.07, 6.45) is -1.09. The Labute approximate surface area is 179 Å². The van der Waals surface area contributed by atoms with Crippen molar-refractivity contribution in [2.75, 3.05) is 12.4 Å². The van der Waals surface area contributed by atoms with Gasteiger partial charge in [0.2, 0.25) is 3.79 Å². The third kappa shape index (κ3) is 5.64. The summed E-state index contributed by atoms with van der Waals surface area (Å²) in [7, 11) is 1.27. The number of benzene rings is 2. The van der Waals surface area contributed by atoms with Gasteiger partial charge in [-0.25, -0.2) is 4.79 Å². The molecule has 0 unspecified atom stereocenters. The molecule has 26 heavy (non-hydrogen) atoms. The first-order valence-electron chi connectivity index (χ1n) is 7.29. The van der Waals surface area contributed by atoms with Crippen LogP contribution in [0.1, 0.15) is 20.7 Å². The van der Waals surface area contributed by atoms with Gasteiger partial charge in [0, 0.05) is 9.13 Å². The highest BCUT2D eigenvalue weighted by molar-refractivity contribution is 14.1. The second kappa shape index (κ2) is 9.12. The maximum Gasteiger partial charge on any atom is 0.339 e. The number of hydrogen-bond donors (Lipinski definition) is 2. The van der Waals surface area contributed by atoms with Gasteiger partial charge in [0.1, 0.15) is 6.17 Å². The van der Waals surface area contributed by atoms with Crippen molar-refractivity contribution >= 4 is 75.0 Å². The number of amides is 1. The molecule has 0 saturated carbocycles. The molecule has 0 aliphatic carbocycles. The SMILES string of the molecule is COC(=O)c1ccccc1N[C@@H](NC(=O)c1cccc(I)c1)C(Cl)(Cl)Cl. The van der Waals surface area contributed by atoms with Crippen molar-refractivity contribution in [3.8, 4) is 0 Å². The zero-order valence-electron chi connectivity index (χ0n) is 13.4. The Morgan fingerprint density at radius 1 is 1.12 bits per heavy atom. The molecule has 138 valence electrons. The Morgan fingerprint density at radius 3 is 2.42 bits per heavy atom. The number of carbonyl (C=O) groups is 2. The van der Waals surface area contributed by atoms with Crippen molar-refractivity contribution in [2.45, 2.75) is 9.96 Å². The van der Waals surface area contributed by atoms with E-state index in [0.29, 0.717) is 11.3 Å². The molecule has 0 bridgehead atoms. The molecule has 1 amide bonds. The van der Waals surface area contributed by atoms with Crippen molar-refractivity contribution in [1.82, 2.24) is 5.32 Å². The summed E-state index contributed by atoms with van der Waals surface area (Å²) >= 11 is 20.1. The number of anilines is 1. The molecule has 2 aromatic rings. The van der Waals surface area contributed by atoms with Crippen LogP contribution in [0, 0.1) is 3.57 Å². The van der Waals surface area contributed by atoms with E-state index in [2.05, 4.69) is 33.2 Å². The predicted octanol–water partition coefficient (Wildman–Crippen LogP) is 4.62.